The van der Waals surface area contributed by atoms with Crippen molar-refractivity contribution in [2.75, 3.05) is 0 Å². The van der Waals surface area contributed by atoms with Crippen molar-refractivity contribution >= 4 is 5.91 Å². The summed E-state index contributed by atoms with van der Waals surface area (Å²) < 4.78 is 1.71. The predicted octanol–water partition coefficient (Wildman–Crippen LogP) is 0.462. The van der Waals surface area contributed by atoms with Crippen LogP contribution in [0.5, 0.6) is 0 Å². The molecule has 0 saturated heterocycles. The van der Waals surface area contributed by atoms with Gasteiger partial charge in [-0.1, -0.05) is 30.3 Å². The summed E-state index contributed by atoms with van der Waals surface area (Å²) in [6, 6.07) is 8.93. The Morgan fingerprint density at radius 2 is 2.12 bits per heavy atom. The van der Waals surface area contributed by atoms with E-state index in [1.54, 1.807) is 23.3 Å². The van der Waals surface area contributed by atoms with E-state index in [1.807, 2.05) is 30.3 Å². The number of carbonyl (C=O) groups excluding carboxylic acids is 1. The predicted molar refractivity (Wildman–Crippen MR) is 59.1 cm³/mol. The molecule has 1 aromatic carbocycles. The Morgan fingerprint density at radius 3 is 2.69 bits per heavy atom. The number of nitrogens with two attached hydrogens (primary N) is 1. The summed E-state index contributed by atoms with van der Waals surface area (Å²) in [4.78, 5) is 15.7. The maximum Gasteiger partial charge on any atom is 0.261 e. The van der Waals surface area contributed by atoms with Crippen LogP contribution in [0.1, 0.15) is 11.6 Å². The van der Waals surface area contributed by atoms with Crippen LogP contribution in [0.3, 0.4) is 0 Å². The van der Waals surface area contributed by atoms with Crippen LogP contribution in [0.2, 0.25) is 0 Å². The van der Waals surface area contributed by atoms with Gasteiger partial charge in [-0.05, 0) is 5.56 Å². The van der Waals surface area contributed by atoms with Gasteiger partial charge in [0.25, 0.3) is 5.91 Å². The van der Waals surface area contributed by atoms with E-state index >= 15 is 0 Å². The van der Waals surface area contributed by atoms with Gasteiger partial charge in [0.05, 0.1) is 6.33 Å². The monoisotopic (exact) mass is 216 g/mol. The summed E-state index contributed by atoms with van der Waals surface area (Å²) in [5.74, 6) is 4.91. The Balaban J connectivity index is 2.40. The fourth-order valence-corrected chi connectivity index (χ4v) is 1.60. The highest BCUT2D eigenvalue weighted by Crippen LogP contribution is 2.17. The lowest BCUT2D eigenvalue weighted by Gasteiger charge is -2.16. The molecule has 0 aliphatic rings. The number of rotatable bonds is 3. The Labute approximate surface area is 92.9 Å². The topological polar surface area (TPSA) is 72.9 Å². The zero-order chi connectivity index (χ0) is 11.4. The van der Waals surface area contributed by atoms with Gasteiger partial charge in [-0.3, -0.25) is 10.2 Å². The van der Waals surface area contributed by atoms with Crippen LogP contribution in [0, 0.1) is 0 Å². The third-order valence-corrected chi connectivity index (χ3v) is 2.33. The molecule has 5 nitrogen and oxygen atoms in total. The summed E-state index contributed by atoms with van der Waals surface area (Å²) in [6.45, 7) is 0. The minimum Gasteiger partial charge on any atom is -0.321 e. The van der Waals surface area contributed by atoms with Crippen LogP contribution >= 0.6 is 0 Å². The number of hydrogen-bond acceptors (Lipinski definition) is 3. The van der Waals surface area contributed by atoms with Crippen molar-refractivity contribution in [3.8, 4) is 0 Å². The van der Waals surface area contributed by atoms with E-state index in [4.69, 9.17) is 5.84 Å². The molecule has 1 aromatic heterocycles. The molecule has 2 aromatic rings. The molecular formula is C11H12N4O. The van der Waals surface area contributed by atoms with Gasteiger partial charge >= 0.3 is 0 Å². The van der Waals surface area contributed by atoms with E-state index in [0.717, 1.165) is 5.56 Å². The first-order chi connectivity index (χ1) is 7.83. The van der Waals surface area contributed by atoms with Gasteiger partial charge in [0, 0.05) is 12.4 Å². The number of carbonyl (C=O) groups is 1. The summed E-state index contributed by atoms with van der Waals surface area (Å²) >= 11 is 0. The summed E-state index contributed by atoms with van der Waals surface area (Å²) in [7, 11) is 0. The summed E-state index contributed by atoms with van der Waals surface area (Å²) in [6.07, 6.45) is 4.94. The van der Waals surface area contributed by atoms with Gasteiger partial charge in [0.1, 0.15) is 6.04 Å². The fourth-order valence-electron chi connectivity index (χ4n) is 1.60. The molecule has 0 bridgehead atoms. The number of benzene rings is 1. The molecule has 1 heterocycles. The van der Waals surface area contributed by atoms with Gasteiger partial charge < -0.3 is 4.57 Å². The SMILES string of the molecule is NNC(=O)C(c1ccccc1)n1ccnc1. The van der Waals surface area contributed by atoms with E-state index in [-0.39, 0.29) is 5.91 Å². The first kappa shape index (κ1) is 10.4. The lowest BCUT2D eigenvalue weighted by molar-refractivity contribution is -0.123. The maximum absolute atomic E-state index is 11.7. The molecule has 2 rings (SSSR count). The maximum atomic E-state index is 11.7. The Morgan fingerprint density at radius 1 is 1.38 bits per heavy atom. The van der Waals surface area contributed by atoms with Gasteiger partial charge in [-0.15, -0.1) is 0 Å². The largest absolute Gasteiger partial charge is 0.321 e. The molecule has 16 heavy (non-hydrogen) atoms. The van der Waals surface area contributed by atoms with Crippen LogP contribution in [0.15, 0.2) is 49.1 Å². The van der Waals surface area contributed by atoms with Crippen LogP contribution in [-0.2, 0) is 4.79 Å². The van der Waals surface area contributed by atoms with E-state index in [1.165, 1.54) is 0 Å². The summed E-state index contributed by atoms with van der Waals surface area (Å²) in [5.41, 5.74) is 3.03. The molecule has 1 amide bonds. The smallest absolute Gasteiger partial charge is 0.261 e. The van der Waals surface area contributed by atoms with Gasteiger partial charge in [0.2, 0.25) is 0 Å². The normalized spacial score (nSPS) is 12.1. The molecule has 0 aliphatic heterocycles. The molecule has 0 aliphatic carbocycles. The Kier molecular flexibility index (Phi) is 2.98. The number of imidazole rings is 1. The first-order valence-corrected chi connectivity index (χ1v) is 4.86. The van der Waals surface area contributed by atoms with E-state index < -0.39 is 6.04 Å². The van der Waals surface area contributed by atoms with Crippen molar-refractivity contribution in [1.82, 2.24) is 15.0 Å². The zero-order valence-electron chi connectivity index (χ0n) is 8.58. The van der Waals surface area contributed by atoms with Gasteiger partial charge in [-0.2, -0.15) is 0 Å². The van der Waals surface area contributed by atoms with Crippen LogP contribution < -0.4 is 11.3 Å². The molecule has 0 radical (unpaired) electrons. The molecule has 1 atom stereocenters. The van der Waals surface area contributed by atoms with Crippen molar-refractivity contribution in [1.29, 1.82) is 0 Å². The second-order valence-corrected chi connectivity index (χ2v) is 3.33. The van der Waals surface area contributed by atoms with Crippen LogP contribution in [-0.4, -0.2) is 15.5 Å². The highest BCUT2D eigenvalue weighted by Gasteiger charge is 2.20. The number of hydrazine groups is 1. The second kappa shape index (κ2) is 4.59. The number of hydrogen-bond donors (Lipinski definition) is 2. The van der Waals surface area contributed by atoms with Gasteiger partial charge in [0.15, 0.2) is 0 Å². The standard InChI is InChI=1S/C11H12N4O/c12-14-11(16)10(15-7-6-13-8-15)9-4-2-1-3-5-9/h1-8,10H,12H2,(H,14,16). The highest BCUT2D eigenvalue weighted by atomic mass is 16.2. The average Bonchev–Trinajstić information content (AvgIpc) is 2.84. The second-order valence-electron chi connectivity index (χ2n) is 3.33. The average molecular weight is 216 g/mol. The first-order valence-electron chi connectivity index (χ1n) is 4.86. The zero-order valence-corrected chi connectivity index (χ0v) is 8.58. The number of nitrogens with one attached hydrogen (secondary N) is 1. The molecule has 82 valence electrons. The van der Waals surface area contributed by atoms with E-state index in [9.17, 15) is 4.79 Å². The lowest BCUT2D eigenvalue weighted by atomic mass is 10.1. The third kappa shape index (κ3) is 1.94. The van der Waals surface area contributed by atoms with Crippen molar-refractivity contribution in [2.45, 2.75) is 6.04 Å². The Bertz CT molecular complexity index is 452. The van der Waals surface area contributed by atoms with E-state index in [2.05, 4.69) is 10.4 Å². The highest BCUT2D eigenvalue weighted by molar-refractivity contribution is 5.82. The quantitative estimate of drug-likeness (QED) is 0.445. The van der Waals surface area contributed by atoms with Crippen molar-refractivity contribution in [3.05, 3.63) is 54.6 Å². The minimum absolute atomic E-state index is 0.274. The number of nitrogens with zero attached hydrogens (tertiary/aromatic N) is 2. The minimum atomic E-state index is -0.478. The molecule has 0 spiro atoms. The van der Waals surface area contributed by atoms with Crippen molar-refractivity contribution in [3.63, 3.8) is 0 Å². The molecule has 0 fully saturated rings. The van der Waals surface area contributed by atoms with Crippen LogP contribution in [0.25, 0.3) is 0 Å². The molecule has 5 heteroatoms. The van der Waals surface area contributed by atoms with Crippen LogP contribution in [0.4, 0.5) is 0 Å². The molecular weight excluding hydrogens is 204 g/mol. The number of amides is 1. The Hall–Kier alpha value is -2.14. The molecule has 0 saturated carbocycles. The molecule has 3 N–H and O–H groups in total. The number of aromatic nitrogens is 2. The summed E-state index contributed by atoms with van der Waals surface area (Å²) in [5, 5.41) is 0. The lowest BCUT2D eigenvalue weighted by Crippen LogP contribution is -2.37. The third-order valence-electron chi connectivity index (χ3n) is 2.33. The van der Waals surface area contributed by atoms with Crippen molar-refractivity contribution in [2.24, 2.45) is 5.84 Å². The molecule has 1 unspecified atom stereocenters. The van der Waals surface area contributed by atoms with Gasteiger partial charge in [-0.25, -0.2) is 10.8 Å². The fraction of sp³-hybridized carbons (Fsp3) is 0.0909. The van der Waals surface area contributed by atoms with Crippen molar-refractivity contribution < 1.29 is 4.79 Å². The van der Waals surface area contributed by atoms with E-state index in [0.29, 0.717) is 0 Å².